The van der Waals surface area contributed by atoms with E-state index in [-0.39, 0.29) is 6.04 Å². The summed E-state index contributed by atoms with van der Waals surface area (Å²) in [7, 11) is 1.66. The molecule has 0 aliphatic rings. The van der Waals surface area contributed by atoms with Crippen LogP contribution in [0.1, 0.15) is 36.8 Å². The van der Waals surface area contributed by atoms with E-state index in [1.165, 1.54) is 6.20 Å². The summed E-state index contributed by atoms with van der Waals surface area (Å²) in [6.45, 7) is 8.62. The van der Waals surface area contributed by atoms with Gasteiger partial charge in [-0.2, -0.15) is 0 Å². The van der Waals surface area contributed by atoms with Gasteiger partial charge in [-0.15, -0.1) is 0 Å². The topological polar surface area (TPSA) is 73.3 Å². The van der Waals surface area contributed by atoms with Crippen LogP contribution in [0.3, 0.4) is 0 Å². The van der Waals surface area contributed by atoms with E-state index in [4.69, 9.17) is 9.47 Å². The zero-order chi connectivity index (χ0) is 15.1. The van der Waals surface area contributed by atoms with Gasteiger partial charge >= 0.3 is 5.97 Å². The van der Waals surface area contributed by atoms with Crippen molar-refractivity contribution in [2.24, 2.45) is 5.92 Å². The van der Waals surface area contributed by atoms with Gasteiger partial charge in [-0.25, -0.2) is 14.8 Å². The van der Waals surface area contributed by atoms with Crippen LogP contribution in [0.2, 0.25) is 0 Å². The second kappa shape index (κ2) is 7.79. The lowest BCUT2D eigenvalue weighted by atomic mass is 10.1. The first-order valence-corrected chi connectivity index (χ1v) is 6.75. The summed E-state index contributed by atoms with van der Waals surface area (Å²) in [6, 6.07) is 0.118. The van der Waals surface area contributed by atoms with Gasteiger partial charge in [-0.1, -0.05) is 13.8 Å². The average molecular weight is 281 g/mol. The quantitative estimate of drug-likeness (QED) is 0.771. The number of aryl methyl sites for hydroxylation is 1. The Morgan fingerprint density at radius 1 is 1.45 bits per heavy atom. The lowest BCUT2D eigenvalue weighted by molar-refractivity contribution is 0.0524. The number of carbonyl (C=O) groups excluding carboxylic acids is 1. The van der Waals surface area contributed by atoms with Gasteiger partial charge < -0.3 is 14.8 Å². The maximum absolute atomic E-state index is 11.7. The molecule has 1 aromatic heterocycles. The molecular weight excluding hydrogens is 258 g/mol. The van der Waals surface area contributed by atoms with Crippen molar-refractivity contribution in [1.82, 2.24) is 9.97 Å². The first kappa shape index (κ1) is 16.4. The third-order valence-electron chi connectivity index (χ3n) is 2.94. The molecule has 0 spiro atoms. The summed E-state index contributed by atoms with van der Waals surface area (Å²) in [6.07, 6.45) is 1.49. The van der Waals surface area contributed by atoms with Crippen LogP contribution in [0.25, 0.3) is 0 Å². The van der Waals surface area contributed by atoms with E-state index in [2.05, 4.69) is 29.1 Å². The molecule has 0 saturated heterocycles. The minimum Gasteiger partial charge on any atom is -0.462 e. The molecule has 0 fully saturated rings. The third kappa shape index (κ3) is 4.45. The Morgan fingerprint density at radius 3 is 2.65 bits per heavy atom. The van der Waals surface area contributed by atoms with Gasteiger partial charge in [0.1, 0.15) is 0 Å². The largest absolute Gasteiger partial charge is 0.462 e. The lowest BCUT2D eigenvalue weighted by Gasteiger charge is -2.21. The summed E-state index contributed by atoms with van der Waals surface area (Å²) in [5, 5.41) is 3.22. The Bertz CT molecular complexity index is 449. The van der Waals surface area contributed by atoms with Crippen molar-refractivity contribution in [2.75, 3.05) is 25.6 Å². The molecule has 1 heterocycles. The summed E-state index contributed by atoms with van der Waals surface area (Å²) in [5.41, 5.74) is 0.992. The number of rotatable bonds is 7. The summed E-state index contributed by atoms with van der Waals surface area (Å²) >= 11 is 0. The van der Waals surface area contributed by atoms with Crippen molar-refractivity contribution in [3.8, 4) is 0 Å². The Labute approximate surface area is 119 Å². The summed E-state index contributed by atoms with van der Waals surface area (Å²) in [5.74, 6) is 0.476. The van der Waals surface area contributed by atoms with E-state index in [0.717, 1.165) is 0 Å². The predicted octanol–water partition coefficient (Wildman–Crippen LogP) is 2.04. The molecule has 0 aliphatic heterocycles. The second-order valence-electron chi connectivity index (χ2n) is 4.86. The number of esters is 1. The van der Waals surface area contributed by atoms with Crippen molar-refractivity contribution in [3.63, 3.8) is 0 Å². The van der Waals surface area contributed by atoms with Crippen molar-refractivity contribution < 1.29 is 14.3 Å². The molecule has 0 saturated carbocycles. The van der Waals surface area contributed by atoms with Crippen LogP contribution in [-0.4, -0.2) is 42.3 Å². The van der Waals surface area contributed by atoms with Crippen molar-refractivity contribution in [1.29, 1.82) is 0 Å². The number of carbonyl (C=O) groups is 1. The van der Waals surface area contributed by atoms with Crippen molar-refractivity contribution in [2.45, 2.75) is 33.7 Å². The third-order valence-corrected chi connectivity index (χ3v) is 2.94. The van der Waals surface area contributed by atoms with Crippen LogP contribution in [0.5, 0.6) is 0 Å². The van der Waals surface area contributed by atoms with Crippen molar-refractivity contribution in [3.05, 3.63) is 17.5 Å². The van der Waals surface area contributed by atoms with E-state index in [0.29, 0.717) is 36.3 Å². The molecule has 0 bridgehead atoms. The zero-order valence-corrected chi connectivity index (χ0v) is 12.8. The number of methoxy groups -OCH3 is 1. The monoisotopic (exact) mass is 281 g/mol. The number of hydrogen-bond donors (Lipinski definition) is 1. The van der Waals surface area contributed by atoms with Crippen LogP contribution in [0, 0.1) is 12.8 Å². The van der Waals surface area contributed by atoms with Gasteiger partial charge in [-0.3, -0.25) is 0 Å². The van der Waals surface area contributed by atoms with Gasteiger partial charge in [0, 0.05) is 13.3 Å². The van der Waals surface area contributed by atoms with Crippen LogP contribution in [0.4, 0.5) is 5.95 Å². The van der Waals surface area contributed by atoms with Gasteiger partial charge in [0.05, 0.1) is 30.5 Å². The van der Waals surface area contributed by atoms with E-state index in [9.17, 15) is 4.79 Å². The Kier molecular flexibility index (Phi) is 6.38. The fraction of sp³-hybridized carbons (Fsp3) is 0.643. The summed E-state index contributed by atoms with van der Waals surface area (Å²) < 4.78 is 10.1. The standard InChI is InChI=1S/C14H23N3O3/c1-6-20-13(18)11-7-15-14(16-10(11)4)17-12(8-19-5)9(2)3/h7,9,12H,6,8H2,1-5H3,(H,15,16,17). The smallest absolute Gasteiger partial charge is 0.341 e. The number of anilines is 1. The number of nitrogens with one attached hydrogen (secondary N) is 1. The normalized spacial score (nSPS) is 12.3. The van der Waals surface area contributed by atoms with E-state index in [1.54, 1.807) is 21.0 Å². The number of hydrogen-bond acceptors (Lipinski definition) is 6. The highest BCUT2D eigenvalue weighted by atomic mass is 16.5. The molecular formula is C14H23N3O3. The molecule has 112 valence electrons. The predicted molar refractivity (Wildman–Crippen MR) is 76.9 cm³/mol. The fourth-order valence-electron chi connectivity index (χ4n) is 1.69. The van der Waals surface area contributed by atoms with E-state index in [1.807, 2.05) is 0 Å². The maximum atomic E-state index is 11.7. The number of aromatic nitrogens is 2. The summed E-state index contributed by atoms with van der Waals surface area (Å²) in [4.78, 5) is 20.1. The Hall–Kier alpha value is -1.69. The molecule has 6 heteroatoms. The van der Waals surface area contributed by atoms with Gasteiger partial charge in [0.2, 0.25) is 5.95 Å². The van der Waals surface area contributed by atoms with Crippen LogP contribution >= 0.6 is 0 Å². The minimum absolute atomic E-state index is 0.118. The molecule has 0 aromatic carbocycles. The molecule has 1 aromatic rings. The minimum atomic E-state index is -0.395. The highest BCUT2D eigenvalue weighted by Crippen LogP contribution is 2.12. The van der Waals surface area contributed by atoms with E-state index < -0.39 is 5.97 Å². The molecule has 1 rings (SSSR count). The number of ether oxygens (including phenoxy) is 2. The Morgan fingerprint density at radius 2 is 2.15 bits per heavy atom. The molecule has 1 unspecified atom stereocenters. The molecule has 20 heavy (non-hydrogen) atoms. The molecule has 1 N–H and O–H groups in total. The lowest BCUT2D eigenvalue weighted by Crippen LogP contribution is -2.31. The van der Waals surface area contributed by atoms with Gasteiger partial charge in [-0.05, 0) is 19.8 Å². The first-order chi connectivity index (χ1) is 9.49. The highest BCUT2D eigenvalue weighted by Gasteiger charge is 2.16. The zero-order valence-electron chi connectivity index (χ0n) is 12.8. The molecule has 0 radical (unpaired) electrons. The van der Waals surface area contributed by atoms with Gasteiger partial charge in [0.15, 0.2) is 0 Å². The highest BCUT2D eigenvalue weighted by molar-refractivity contribution is 5.90. The molecule has 1 atom stereocenters. The Balaban J connectivity index is 2.83. The fourth-order valence-corrected chi connectivity index (χ4v) is 1.69. The van der Waals surface area contributed by atoms with Crippen LogP contribution in [-0.2, 0) is 9.47 Å². The first-order valence-electron chi connectivity index (χ1n) is 6.75. The van der Waals surface area contributed by atoms with Crippen molar-refractivity contribution >= 4 is 11.9 Å². The average Bonchev–Trinajstić information content (AvgIpc) is 2.38. The second-order valence-corrected chi connectivity index (χ2v) is 4.86. The number of nitrogens with zero attached hydrogens (tertiary/aromatic N) is 2. The van der Waals surface area contributed by atoms with E-state index >= 15 is 0 Å². The van der Waals surface area contributed by atoms with Gasteiger partial charge in [0.25, 0.3) is 0 Å². The molecule has 6 nitrogen and oxygen atoms in total. The molecule has 0 amide bonds. The SMILES string of the molecule is CCOC(=O)c1cnc(NC(COC)C(C)C)nc1C. The molecule has 0 aliphatic carbocycles. The van der Waals surface area contributed by atoms with Crippen LogP contribution in [0.15, 0.2) is 6.20 Å². The van der Waals surface area contributed by atoms with Crippen LogP contribution < -0.4 is 5.32 Å². The maximum Gasteiger partial charge on any atom is 0.341 e.